The average Bonchev–Trinajstić information content (AvgIpc) is 3.19. The molecule has 3 aromatic rings. The molecular formula is C25H24FN3O4S. The Morgan fingerprint density at radius 1 is 1.15 bits per heavy atom. The van der Waals surface area contributed by atoms with Crippen LogP contribution in [0.3, 0.4) is 0 Å². The van der Waals surface area contributed by atoms with E-state index in [0.717, 1.165) is 11.1 Å². The second kappa shape index (κ2) is 10.7. The summed E-state index contributed by atoms with van der Waals surface area (Å²) in [6.45, 7) is 1.82. The molecule has 1 N–H and O–H groups in total. The lowest BCUT2D eigenvalue weighted by Gasteiger charge is -2.15. The monoisotopic (exact) mass is 481 g/mol. The summed E-state index contributed by atoms with van der Waals surface area (Å²) >= 11 is -1.07. The summed E-state index contributed by atoms with van der Waals surface area (Å²) in [5, 5.41) is 2.61. The molecule has 2 heterocycles. The van der Waals surface area contributed by atoms with Gasteiger partial charge in [-0.1, -0.05) is 24.3 Å². The summed E-state index contributed by atoms with van der Waals surface area (Å²) in [6.07, 6.45) is 2.29. The normalized spacial score (nSPS) is 16.3. The van der Waals surface area contributed by atoms with Gasteiger partial charge in [0.25, 0.3) is 0 Å². The van der Waals surface area contributed by atoms with Crippen molar-refractivity contribution in [2.24, 2.45) is 0 Å². The topological polar surface area (TPSA) is 94.6 Å². The van der Waals surface area contributed by atoms with Gasteiger partial charge in [-0.05, 0) is 47.1 Å². The molecule has 2 unspecified atom stereocenters. The summed E-state index contributed by atoms with van der Waals surface area (Å²) in [6, 6.07) is 15.6. The van der Waals surface area contributed by atoms with Crippen LogP contribution in [0, 0.1) is 5.82 Å². The number of nitrogens with zero attached hydrogens (tertiary/aromatic N) is 2. The molecule has 9 heteroatoms. The number of carbonyl (C=O) groups excluding carboxylic acids is 2. The van der Waals surface area contributed by atoms with E-state index in [1.807, 2.05) is 24.3 Å². The first kappa shape index (κ1) is 23.7. The molecule has 0 saturated carbocycles. The molecular weight excluding hydrogens is 457 g/mol. The van der Waals surface area contributed by atoms with Crippen molar-refractivity contribution in [1.82, 2.24) is 10.3 Å². The first-order chi connectivity index (χ1) is 16.4. The number of rotatable bonds is 8. The molecule has 0 aliphatic carbocycles. The number of hydrogen-bond acceptors (Lipinski definition) is 5. The number of nitrogens with one attached hydrogen (secondary N) is 1. The minimum atomic E-state index is -1.07. The Kier molecular flexibility index (Phi) is 7.44. The Hall–Kier alpha value is -3.43. The second-order valence-corrected chi connectivity index (χ2v) is 9.46. The molecule has 1 aromatic heterocycles. The minimum Gasteiger partial charge on any atom is -0.616 e. The lowest BCUT2D eigenvalue weighted by molar-refractivity contribution is -0.119. The molecule has 1 saturated heterocycles. The van der Waals surface area contributed by atoms with Crippen molar-refractivity contribution < 1.29 is 23.3 Å². The number of anilines is 1. The second-order valence-electron chi connectivity index (χ2n) is 8.00. The Bertz CT molecular complexity index is 1160. The fraction of sp³-hybridized carbons (Fsp3) is 0.240. The van der Waals surface area contributed by atoms with Crippen LogP contribution < -0.4 is 10.2 Å². The van der Waals surface area contributed by atoms with Gasteiger partial charge in [-0.25, -0.2) is 9.18 Å². The zero-order valence-corrected chi connectivity index (χ0v) is 19.4. The van der Waals surface area contributed by atoms with Gasteiger partial charge in [0.05, 0.1) is 18.8 Å². The molecule has 1 fully saturated rings. The van der Waals surface area contributed by atoms with E-state index >= 15 is 0 Å². The maximum absolute atomic E-state index is 14.9. The van der Waals surface area contributed by atoms with Gasteiger partial charge in [-0.3, -0.25) is 14.7 Å². The molecule has 4 rings (SSSR count). The Balaban J connectivity index is 1.40. The maximum atomic E-state index is 14.9. The molecule has 2 atom stereocenters. The average molecular weight is 482 g/mol. The van der Waals surface area contributed by atoms with Gasteiger partial charge in [0.15, 0.2) is 0 Å². The Morgan fingerprint density at radius 3 is 2.47 bits per heavy atom. The van der Waals surface area contributed by atoms with Crippen LogP contribution in [0.1, 0.15) is 18.1 Å². The zero-order valence-electron chi connectivity index (χ0n) is 18.6. The fourth-order valence-corrected chi connectivity index (χ4v) is 4.92. The Morgan fingerprint density at radius 2 is 1.82 bits per heavy atom. The predicted octanol–water partition coefficient (Wildman–Crippen LogP) is 3.80. The van der Waals surface area contributed by atoms with Crippen molar-refractivity contribution >= 4 is 28.9 Å². The quantitative estimate of drug-likeness (QED) is 0.494. The number of hydrogen-bond donors (Lipinski definition) is 1. The molecule has 0 spiro atoms. The summed E-state index contributed by atoms with van der Waals surface area (Å²) in [7, 11) is 0. The third-order valence-electron chi connectivity index (χ3n) is 5.39. The number of ether oxygens (including phenoxy) is 1. The van der Waals surface area contributed by atoms with Gasteiger partial charge >= 0.3 is 6.09 Å². The highest BCUT2D eigenvalue weighted by Gasteiger charge is 2.32. The van der Waals surface area contributed by atoms with Crippen LogP contribution in [0.4, 0.5) is 14.9 Å². The van der Waals surface area contributed by atoms with Crippen LogP contribution in [0.5, 0.6) is 0 Å². The number of cyclic esters (lactones) is 1. The summed E-state index contributed by atoms with van der Waals surface area (Å²) in [5.74, 6) is 0.173. The van der Waals surface area contributed by atoms with E-state index < -0.39 is 29.2 Å². The van der Waals surface area contributed by atoms with Crippen molar-refractivity contribution in [2.75, 3.05) is 18.0 Å². The molecule has 1 aliphatic rings. The van der Waals surface area contributed by atoms with E-state index in [-0.39, 0.29) is 19.0 Å². The SMILES string of the molecule is CC(=O)NCC1CN(c2ccc(-c3ccc(C[S+]([O-])Cc4ccncc4)cc3)c(F)c2)C(=O)O1. The van der Waals surface area contributed by atoms with E-state index in [4.69, 9.17) is 4.74 Å². The maximum Gasteiger partial charge on any atom is 0.414 e. The van der Waals surface area contributed by atoms with Crippen LogP contribution in [-0.2, 0) is 32.2 Å². The number of aromatic nitrogens is 1. The molecule has 0 radical (unpaired) electrons. The van der Waals surface area contributed by atoms with Crippen LogP contribution in [-0.4, -0.2) is 40.7 Å². The summed E-state index contributed by atoms with van der Waals surface area (Å²) in [5.41, 5.74) is 3.34. The van der Waals surface area contributed by atoms with Crippen LogP contribution in [0.2, 0.25) is 0 Å². The van der Waals surface area contributed by atoms with Crippen molar-refractivity contribution in [3.05, 3.63) is 83.9 Å². The van der Waals surface area contributed by atoms with E-state index in [9.17, 15) is 18.5 Å². The van der Waals surface area contributed by atoms with Crippen LogP contribution >= 0.6 is 0 Å². The number of carbonyl (C=O) groups is 2. The molecule has 0 bridgehead atoms. The zero-order chi connectivity index (χ0) is 24.1. The largest absolute Gasteiger partial charge is 0.616 e. The van der Waals surface area contributed by atoms with Gasteiger partial charge < -0.3 is 14.6 Å². The Labute approximate surface area is 200 Å². The first-order valence-corrected chi connectivity index (χ1v) is 12.2. The molecule has 2 amide bonds. The lowest BCUT2D eigenvalue weighted by Crippen LogP contribution is -2.33. The number of halogens is 1. The molecule has 34 heavy (non-hydrogen) atoms. The van der Waals surface area contributed by atoms with Gasteiger partial charge in [0.2, 0.25) is 5.91 Å². The third-order valence-corrected chi connectivity index (χ3v) is 6.70. The van der Waals surface area contributed by atoms with Crippen LogP contribution in [0.25, 0.3) is 11.1 Å². The number of pyridine rings is 1. The van der Waals surface area contributed by atoms with E-state index in [2.05, 4.69) is 10.3 Å². The van der Waals surface area contributed by atoms with Crippen LogP contribution in [0.15, 0.2) is 67.0 Å². The fourth-order valence-electron chi connectivity index (χ4n) is 3.68. The highest BCUT2D eigenvalue weighted by molar-refractivity contribution is 7.89. The molecule has 7 nitrogen and oxygen atoms in total. The van der Waals surface area contributed by atoms with E-state index in [1.54, 1.807) is 36.7 Å². The third kappa shape index (κ3) is 5.92. The minimum absolute atomic E-state index is 0.206. The summed E-state index contributed by atoms with van der Waals surface area (Å²) in [4.78, 5) is 28.6. The van der Waals surface area contributed by atoms with E-state index in [1.165, 1.54) is 17.9 Å². The highest BCUT2D eigenvalue weighted by atomic mass is 32.2. The van der Waals surface area contributed by atoms with Gasteiger partial charge in [0, 0.05) is 36.0 Å². The highest BCUT2D eigenvalue weighted by Crippen LogP contribution is 2.29. The summed E-state index contributed by atoms with van der Waals surface area (Å²) < 4.78 is 32.6. The molecule has 2 aromatic carbocycles. The van der Waals surface area contributed by atoms with Crippen molar-refractivity contribution in [1.29, 1.82) is 0 Å². The van der Waals surface area contributed by atoms with Gasteiger partial charge in [-0.2, -0.15) is 0 Å². The lowest BCUT2D eigenvalue weighted by atomic mass is 10.0. The van der Waals surface area contributed by atoms with Crippen molar-refractivity contribution in [2.45, 2.75) is 24.5 Å². The standard InChI is InChI=1S/C25H24FN3O4S/c1-17(30)28-13-22-14-29(25(31)33-22)21-6-7-23(24(26)12-21)20-4-2-18(3-5-20)15-34(32)16-19-8-10-27-11-9-19/h2-12,22H,13-16H2,1H3,(H,28,30). The van der Waals surface area contributed by atoms with Gasteiger partial charge in [-0.15, -0.1) is 0 Å². The predicted molar refractivity (Wildman–Crippen MR) is 128 cm³/mol. The number of amides is 2. The number of benzene rings is 2. The van der Waals surface area contributed by atoms with Gasteiger partial charge in [0.1, 0.15) is 23.4 Å². The molecule has 176 valence electrons. The van der Waals surface area contributed by atoms with Crippen molar-refractivity contribution in [3.8, 4) is 11.1 Å². The molecule has 1 aliphatic heterocycles. The van der Waals surface area contributed by atoms with Crippen molar-refractivity contribution in [3.63, 3.8) is 0 Å². The smallest absolute Gasteiger partial charge is 0.414 e. The first-order valence-electron chi connectivity index (χ1n) is 10.7. The van der Waals surface area contributed by atoms with E-state index in [0.29, 0.717) is 28.3 Å².